The molecule has 3 heterocycles. The van der Waals surface area contributed by atoms with Crippen molar-refractivity contribution >= 4 is 56.6 Å². The molecule has 0 fully saturated rings. The number of hydrogen-bond acceptors (Lipinski definition) is 6. The number of nitrogens with zero attached hydrogens (tertiary/aromatic N) is 3. The topological polar surface area (TPSA) is 67.8 Å². The first-order valence-electron chi connectivity index (χ1n) is 7.96. The first kappa shape index (κ1) is 20.8. The number of thiophene rings is 1. The molecule has 28 heavy (non-hydrogen) atoms. The molecule has 3 aromatic rings. The van der Waals surface area contributed by atoms with E-state index in [1.807, 2.05) is 13.8 Å². The van der Waals surface area contributed by atoms with Crippen molar-refractivity contribution in [2.75, 3.05) is 11.1 Å². The van der Waals surface area contributed by atoms with Gasteiger partial charge in [-0.1, -0.05) is 23.4 Å². The highest BCUT2D eigenvalue weighted by molar-refractivity contribution is 8.00. The fourth-order valence-corrected chi connectivity index (χ4v) is 4.69. The quantitative estimate of drug-likeness (QED) is 0.428. The molecule has 0 aliphatic heterocycles. The van der Waals surface area contributed by atoms with Gasteiger partial charge in [0.15, 0.2) is 5.82 Å². The van der Waals surface area contributed by atoms with Crippen LogP contribution in [0.5, 0.6) is 0 Å². The van der Waals surface area contributed by atoms with Gasteiger partial charge in [-0.05, 0) is 32.4 Å². The minimum absolute atomic E-state index is 0.00107. The van der Waals surface area contributed by atoms with Crippen LogP contribution in [0.2, 0.25) is 5.02 Å². The molecule has 148 valence electrons. The fourth-order valence-electron chi connectivity index (χ4n) is 2.41. The number of thioether (sulfide) groups is 1. The van der Waals surface area contributed by atoms with Gasteiger partial charge in [0, 0.05) is 16.5 Å². The van der Waals surface area contributed by atoms with Crippen molar-refractivity contribution in [2.45, 2.75) is 32.0 Å². The number of fused-ring (bicyclic) bond motifs is 1. The van der Waals surface area contributed by atoms with Crippen molar-refractivity contribution < 1.29 is 18.0 Å². The average Bonchev–Trinajstić information content (AvgIpc) is 2.87. The number of anilines is 1. The van der Waals surface area contributed by atoms with Gasteiger partial charge in [-0.15, -0.1) is 11.3 Å². The van der Waals surface area contributed by atoms with Gasteiger partial charge in [0.2, 0.25) is 5.91 Å². The normalized spacial score (nSPS) is 11.8. The fraction of sp³-hybridized carbons (Fsp3) is 0.294. The van der Waals surface area contributed by atoms with Gasteiger partial charge < -0.3 is 5.32 Å². The Kier molecular flexibility index (Phi) is 5.83. The van der Waals surface area contributed by atoms with Crippen molar-refractivity contribution in [1.29, 1.82) is 0 Å². The summed E-state index contributed by atoms with van der Waals surface area (Å²) in [4.78, 5) is 26.7. The van der Waals surface area contributed by atoms with Gasteiger partial charge in [0.1, 0.15) is 15.7 Å². The van der Waals surface area contributed by atoms with Crippen molar-refractivity contribution in [3.8, 4) is 0 Å². The molecule has 0 atom stereocenters. The van der Waals surface area contributed by atoms with Gasteiger partial charge >= 0.3 is 6.18 Å². The van der Waals surface area contributed by atoms with Crippen molar-refractivity contribution in [3.05, 3.63) is 39.1 Å². The van der Waals surface area contributed by atoms with E-state index in [9.17, 15) is 18.0 Å². The summed E-state index contributed by atoms with van der Waals surface area (Å²) in [6, 6.07) is 0.728. The van der Waals surface area contributed by atoms with Crippen LogP contribution in [0, 0.1) is 20.8 Å². The molecule has 0 unspecified atom stereocenters. The van der Waals surface area contributed by atoms with Gasteiger partial charge in [0.05, 0.1) is 16.3 Å². The van der Waals surface area contributed by atoms with Gasteiger partial charge in [-0.3, -0.25) is 4.79 Å². The molecule has 0 bridgehead atoms. The highest BCUT2D eigenvalue weighted by atomic mass is 35.5. The summed E-state index contributed by atoms with van der Waals surface area (Å²) in [5.41, 5.74) is 0.0855. The highest BCUT2D eigenvalue weighted by Gasteiger charge is 2.31. The molecular formula is C17H14ClF3N4OS2. The molecule has 0 aliphatic carbocycles. The predicted octanol–water partition coefficient (Wildman–Crippen LogP) is 5.41. The Balaban J connectivity index is 1.74. The number of nitrogens with one attached hydrogen (secondary N) is 1. The lowest BCUT2D eigenvalue weighted by Crippen LogP contribution is -2.16. The first-order valence-corrected chi connectivity index (χ1v) is 10.1. The van der Waals surface area contributed by atoms with Gasteiger partial charge in [-0.25, -0.2) is 15.0 Å². The lowest BCUT2D eigenvalue weighted by atomic mass is 10.2. The van der Waals surface area contributed by atoms with Crippen LogP contribution in [0.15, 0.2) is 17.3 Å². The van der Waals surface area contributed by atoms with Crippen LogP contribution in [0.25, 0.3) is 10.2 Å². The number of halogens is 4. The summed E-state index contributed by atoms with van der Waals surface area (Å²) in [5.74, 6) is 0.0305. The SMILES string of the molecule is Cc1nc(SCC(=O)Nc2ncc(C(F)(F)F)cc2Cl)c2c(C)c(C)sc2n1. The van der Waals surface area contributed by atoms with Crippen LogP contribution < -0.4 is 5.32 Å². The van der Waals surface area contributed by atoms with Crippen molar-refractivity contribution in [2.24, 2.45) is 0 Å². The Morgan fingerprint density at radius 1 is 1.29 bits per heavy atom. The van der Waals surface area contributed by atoms with E-state index in [-0.39, 0.29) is 16.6 Å². The van der Waals surface area contributed by atoms with E-state index in [0.29, 0.717) is 17.0 Å². The first-order chi connectivity index (χ1) is 13.1. The van der Waals surface area contributed by atoms with Gasteiger partial charge in [0.25, 0.3) is 0 Å². The van der Waals surface area contributed by atoms with E-state index < -0.39 is 17.6 Å². The molecule has 0 radical (unpaired) electrons. The summed E-state index contributed by atoms with van der Waals surface area (Å²) < 4.78 is 38.0. The molecule has 11 heteroatoms. The van der Waals surface area contributed by atoms with Crippen LogP contribution in [0.3, 0.4) is 0 Å². The summed E-state index contributed by atoms with van der Waals surface area (Å²) in [6.45, 7) is 5.75. The maximum absolute atomic E-state index is 12.7. The lowest BCUT2D eigenvalue weighted by molar-refractivity contribution is -0.137. The number of carbonyl (C=O) groups excluding carboxylic acids is 1. The number of amides is 1. The Morgan fingerprint density at radius 2 is 2.00 bits per heavy atom. The number of hydrogen-bond donors (Lipinski definition) is 1. The van der Waals surface area contributed by atoms with Crippen molar-refractivity contribution in [1.82, 2.24) is 15.0 Å². The van der Waals surface area contributed by atoms with E-state index in [1.165, 1.54) is 11.8 Å². The summed E-state index contributed by atoms with van der Waals surface area (Å²) in [5, 5.41) is 3.75. The molecular weight excluding hydrogens is 433 g/mol. The summed E-state index contributed by atoms with van der Waals surface area (Å²) in [7, 11) is 0. The number of pyridine rings is 1. The van der Waals surface area contributed by atoms with Crippen LogP contribution in [-0.4, -0.2) is 26.6 Å². The number of aromatic nitrogens is 3. The number of rotatable bonds is 4. The van der Waals surface area contributed by atoms with E-state index in [0.717, 1.165) is 26.7 Å². The third kappa shape index (κ3) is 4.39. The molecule has 0 aliphatic rings. The Morgan fingerprint density at radius 3 is 2.64 bits per heavy atom. The molecule has 5 nitrogen and oxygen atoms in total. The Hall–Kier alpha value is -1.91. The minimum Gasteiger partial charge on any atom is -0.309 e. The van der Waals surface area contributed by atoms with E-state index >= 15 is 0 Å². The van der Waals surface area contributed by atoms with Crippen molar-refractivity contribution in [3.63, 3.8) is 0 Å². The molecule has 1 amide bonds. The third-order valence-electron chi connectivity index (χ3n) is 3.87. The largest absolute Gasteiger partial charge is 0.417 e. The monoisotopic (exact) mass is 446 g/mol. The molecule has 3 rings (SSSR count). The van der Waals surface area contributed by atoms with Crippen LogP contribution in [0.1, 0.15) is 21.8 Å². The Labute approximate surface area is 171 Å². The van der Waals surface area contributed by atoms with E-state index in [1.54, 1.807) is 18.3 Å². The zero-order valence-electron chi connectivity index (χ0n) is 14.9. The number of alkyl halides is 3. The van der Waals surface area contributed by atoms with E-state index in [4.69, 9.17) is 11.6 Å². The van der Waals surface area contributed by atoms with Crippen LogP contribution in [-0.2, 0) is 11.0 Å². The Bertz CT molecular complexity index is 1070. The molecule has 0 aromatic carbocycles. The van der Waals surface area contributed by atoms with Crippen LogP contribution >= 0.6 is 34.7 Å². The molecule has 3 aromatic heterocycles. The van der Waals surface area contributed by atoms with Crippen LogP contribution in [0.4, 0.5) is 19.0 Å². The standard InChI is InChI=1S/C17H14ClF3N4OS2/c1-7-8(2)28-16-13(7)15(23-9(3)24-16)27-6-12(26)25-14-11(18)4-10(5-22-14)17(19,20)21/h4-5H,6H2,1-3H3,(H,22,25,26). The second-order valence-corrected chi connectivity index (χ2v) is 8.50. The third-order valence-corrected chi connectivity index (χ3v) is 6.24. The second kappa shape index (κ2) is 7.84. The average molecular weight is 447 g/mol. The predicted molar refractivity (Wildman–Crippen MR) is 105 cm³/mol. The lowest BCUT2D eigenvalue weighted by Gasteiger charge is -2.10. The zero-order valence-corrected chi connectivity index (χ0v) is 17.3. The van der Waals surface area contributed by atoms with E-state index in [2.05, 4.69) is 20.3 Å². The second-order valence-electron chi connectivity index (χ2n) is 5.93. The summed E-state index contributed by atoms with van der Waals surface area (Å²) in [6.07, 6.45) is -3.93. The maximum atomic E-state index is 12.7. The number of carbonyl (C=O) groups is 1. The number of aryl methyl sites for hydroxylation is 3. The molecule has 0 saturated carbocycles. The summed E-state index contributed by atoms with van der Waals surface area (Å²) >= 11 is 8.61. The highest BCUT2D eigenvalue weighted by Crippen LogP contribution is 2.35. The zero-order chi connectivity index (χ0) is 20.6. The molecule has 0 saturated heterocycles. The molecule has 1 N–H and O–H groups in total. The minimum atomic E-state index is -4.55. The molecule has 0 spiro atoms. The smallest absolute Gasteiger partial charge is 0.309 e. The van der Waals surface area contributed by atoms with Gasteiger partial charge in [-0.2, -0.15) is 13.2 Å². The maximum Gasteiger partial charge on any atom is 0.417 e.